The maximum Gasteiger partial charge on any atom is 0.261 e. The van der Waals surface area contributed by atoms with Crippen LogP contribution in [-0.2, 0) is 16.1 Å². The van der Waals surface area contributed by atoms with Gasteiger partial charge in [-0.1, -0.05) is 67.6 Å². The molecule has 7 heteroatoms. The van der Waals surface area contributed by atoms with Gasteiger partial charge in [0.05, 0.1) is 10.0 Å². The highest BCUT2D eigenvalue weighted by molar-refractivity contribution is 6.42. The van der Waals surface area contributed by atoms with Crippen LogP contribution in [0, 0.1) is 6.92 Å². The van der Waals surface area contributed by atoms with E-state index in [1.165, 1.54) is 6.42 Å². The van der Waals surface area contributed by atoms with Crippen LogP contribution in [0.15, 0.2) is 42.5 Å². The summed E-state index contributed by atoms with van der Waals surface area (Å²) in [4.78, 5) is 28.1. The minimum atomic E-state index is -0.602. The molecule has 178 valence electrons. The standard InChI is InChI=1S/C26H32Cl2N2O3/c1-3-24(26(32)29-20-9-5-4-6-10-20)30(16-19-12-13-22(27)23(28)15-19)25(31)17-33-21-11-7-8-18(2)14-21/h7-8,11-15,20,24H,3-6,9-10,16-17H2,1-2H3,(H,29,32)/t24-/m1/s1. The molecule has 1 saturated carbocycles. The molecule has 0 radical (unpaired) electrons. The minimum Gasteiger partial charge on any atom is -0.484 e. The zero-order valence-electron chi connectivity index (χ0n) is 19.3. The Morgan fingerprint density at radius 3 is 2.52 bits per heavy atom. The fourth-order valence-corrected chi connectivity index (χ4v) is 4.55. The maximum absolute atomic E-state index is 13.3. The van der Waals surface area contributed by atoms with Crippen LogP contribution in [0.2, 0.25) is 10.0 Å². The zero-order valence-corrected chi connectivity index (χ0v) is 20.8. The number of amides is 2. The van der Waals surface area contributed by atoms with E-state index in [1.54, 1.807) is 17.0 Å². The van der Waals surface area contributed by atoms with E-state index in [4.69, 9.17) is 27.9 Å². The van der Waals surface area contributed by atoms with E-state index in [0.717, 1.165) is 36.8 Å². The molecule has 1 aliphatic rings. The van der Waals surface area contributed by atoms with E-state index in [0.29, 0.717) is 22.2 Å². The van der Waals surface area contributed by atoms with Crippen molar-refractivity contribution < 1.29 is 14.3 Å². The van der Waals surface area contributed by atoms with Crippen molar-refractivity contribution in [1.29, 1.82) is 0 Å². The molecular formula is C26H32Cl2N2O3. The highest BCUT2D eigenvalue weighted by atomic mass is 35.5. The Hall–Kier alpha value is -2.24. The van der Waals surface area contributed by atoms with E-state index >= 15 is 0 Å². The second-order valence-electron chi connectivity index (χ2n) is 8.64. The molecule has 1 fully saturated rings. The molecule has 0 aromatic heterocycles. The molecule has 1 N–H and O–H groups in total. The van der Waals surface area contributed by atoms with E-state index in [2.05, 4.69) is 5.32 Å². The van der Waals surface area contributed by atoms with Crippen LogP contribution in [0.4, 0.5) is 0 Å². The molecule has 0 bridgehead atoms. The largest absolute Gasteiger partial charge is 0.484 e. The molecule has 0 aliphatic heterocycles. The Bertz CT molecular complexity index is 960. The lowest BCUT2D eigenvalue weighted by Crippen LogP contribution is -2.52. The Morgan fingerprint density at radius 2 is 1.85 bits per heavy atom. The second kappa shape index (κ2) is 12.3. The molecule has 1 aliphatic carbocycles. The summed E-state index contributed by atoms with van der Waals surface area (Å²) in [7, 11) is 0. The predicted octanol–water partition coefficient (Wildman–Crippen LogP) is 5.94. The molecule has 0 heterocycles. The molecular weight excluding hydrogens is 459 g/mol. The van der Waals surface area contributed by atoms with Crippen molar-refractivity contribution in [3.8, 4) is 5.75 Å². The van der Waals surface area contributed by atoms with Gasteiger partial charge in [0.2, 0.25) is 5.91 Å². The van der Waals surface area contributed by atoms with Crippen molar-refractivity contribution in [2.45, 2.75) is 71.0 Å². The molecule has 0 unspecified atom stereocenters. The summed E-state index contributed by atoms with van der Waals surface area (Å²) in [6.07, 6.45) is 5.92. The van der Waals surface area contributed by atoms with Crippen LogP contribution in [-0.4, -0.2) is 35.4 Å². The van der Waals surface area contributed by atoms with Gasteiger partial charge in [0.25, 0.3) is 5.91 Å². The molecule has 1 atom stereocenters. The van der Waals surface area contributed by atoms with Gasteiger partial charge < -0.3 is 15.0 Å². The number of aryl methyl sites for hydroxylation is 1. The molecule has 2 amide bonds. The van der Waals surface area contributed by atoms with Crippen molar-refractivity contribution >= 4 is 35.0 Å². The first-order chi connectivity index (χ1) is 15.9. The molecule has 33 heavy (non-hydrogen) atoms. The Balaban J connectivity index is 1.77. The molecule has 2 aromatic rings. The van der Waals surface area contributed by atoms with Crippen molar-refractivity contribution in [2.24, 2.45) is 0 Å². The highest BCUT2D eigenvalue weighted by Gasteiger charge is 2.30. The van der Waals surface area contributed by atoms with E-state index in [1.807, 2.05) is 44.2 Å². The summed E-state index contributed by atoms with van der Waals surface area (Å²) in [5, 5.41) is 4.03. The number of carbonyl (C=O) groups is 2. The van der Waals surface area contributed by atoms with Crippen molar-refractivity contribution in [3.63, 3.8) is 0 Å². The summed E-state index contributed by atoms with van der Waals surface area (Å²) in [5.74, 6) is 0.249. The van der Waals surface area contributed by atoms with Crippen molar-refractivity contribution in [2.75, 3.05) is 6.61 Å². The summed E-state index contributed by atoms with van der Waals surface area (Å²) < 4.78 is 5.76. The quantitative estimate of drug-likeness (QED) is 0.473. The lowest BCUT2D eigenvalue weighted by molar-refractivity contribution is -0.143. The number of nitrogens with one attached hydrogen (secondary N) is 1. The first-order valence-electron chi connectivity index (χ1n) is 11.6. The van der Waals surface area contributed by atoms with Gasteiger partial charge in [-0.2, -0.15) is 0 Å². The Kier molecular flexibility index (Phi) is 9.45. The summed E-state index contributed by atoms with van der Waals surface area (Å²) in [5.41, 5.74) is 1.85. The van der Waals surface area contributed by atoms with Gasteiger partial charge in [0.1, 0.15) is 11.8 Å². The van der Waals surface area contributed by atoms with E-state index < -0.39 is 6.04 Å². The fourth-order valence-electron chi connectivity index (χ4n) is 4.23. The normalized spacial score (nSPS) is 15.0. The van der Waals surface area contributed by atoms with Crippen LogP contribution in [0.3, 0.4) is 0 Å². The van der Waals surface area contributed by atoms with Crippen LogP contribution in [0.5, 0.6) is 5.75 Å². The minimum absolute atomic E-state index is 0.117. The zero-order chi connectivity index (χ0) is 23.8. The van der Waals surface area contributed by atoms with Crippen LogP contribution >= 0.6 is 23.2 Å². The molecule has 3 rings (SSSR count). The van der Waals surface area contributed by atoms with E-state index in [9.17, 15) is 9.59 Å². The van der Waals surface area contributed by atoms with E-state index in [-0.39, 0.29) is 31.0 Å². The third-order valence-corrected chi connectivity index (χ3v) is 6.77. The van der Waals surface area contributed by atoms with Crippen LogP contribution in [0.1, 0.15) is 56.6 Å². The number of rotatable bonds is 9. The third-order valence-electron chi connectivity index (χ3n) is 6.03. The Labute approximate surface area is 206 Å². The number of hydrogen-bond donors (Lipinski definition) is 1. The van der Waals surface area contributed by atoms with Gasteiger partial charge in [-0.05, 0) is 61.6 Å². The monoisotopic (exact) mass is 490 g/mol. The Morgan fingerprint density at radius 1 is 1.09 bits per heavy atom. The molecule has 0 spiro atoms. The number of nitrogens with zero attached hydrogens (tertiary/aromatic N) is 1. The number of carbonyl (C=O) groups excluding carboxylic acids is 2. The van der Waals surface area contributed by atoms with Gasteiger partial charge in [-0.25, -0.2) is 0 Å². The number of hydrogen-bond acceptors (Lipinski definition) is 3. The third kappa shape index (κ3) is 7.38. The second-order valence-corrected chi connectivity index (χ2v) is 9.46. The van der Waals surface area contributed by atoms with Gasteiger partial charge in [0.15, 0.2) is 6.61 Å². The lowest BCUT2D eigenvalue weighted by atomic mass is 9.95. The average Bonchev–Trinajstić information content (AvgIpc) is 2.80. The fraction of sp³-hybridized carbons (Fsp3) is 0.462. The average molecular weight is 491 g/mol. The van der Waals surface area contributed by atoms with Crippen LogP contribution < -0.4 is 10.1 Å². The number of halogens is 2. The number of benzene rings is 2. The summed E-state index contributed by atoms with van der Waals surface area (Å²) >= 11 is 12.3. The molecule has 0 saturated heterocycles. The van der Waals surface area contributed by atoms with Crippen molar-refractivity contribution in [3.05, 3.63) is 63.6 Å². The van der Waals surface area contributed by atoms with Crippen LogP contribution in [0.25, 0.3) is 0 Å². The first kappa shape index (κ1) is 25.4. The predicted molar refractivity (Wildman–Crippen MR) is 133 cm³/mol. The maximum atomic E-state index is 13.3. The number of ether oxygens (including phenoxy) is 1. The SMILES string of the molecule is CC[C@H](C(=O)NC1CCCCC1)N(Cc1ccc(Cl)c(Cl)c1)C(=O)COc1cccc(C)c1. The smallest absolute Gasteiger partial charge is 0.261 e. The van der Waals surface area contributed by atoms with Gasteiger partial charge in [0, 0.05) is 12.6 Å². The van der Waals surface area contributed by atoms with Crippen molar-refractivity contribution in [1.82, 2.24) is 10.2 Å². The highest BCUT2D eigenvalue weighted by Crippen LogP contribution is 2.25. The van der Waals surface area contributed by atoms with Gasteiger partial charge in [-0.15, -0.1) is 0 Å². The lowest BCUT2D eigenvalue weighted by Gasteiger charge is -2.32. The van der Waals surface area contributed by atoms with Gasteiger partial charge in [-0.3, -0.25) is 9.59 Å². The summed E-state index contributed by atoms with van der Waals surface area (Å²) in [6, 6.07) is 12.4. The molecule has 2 aromatic carbocycles. The first-order valence-corrected chi connectivity index (χ1v) is 12.4. The summed E-state index contributed by atoms with van der Waals surface area (Å²) in [6.45, 7) is 3.97. The molecule has 5 nitrogen and oxygen atoms in total. The topological polar surface area (TPSA) is 58.6 Å². The van der Waals surface area contributed by atoms with Gasteiger partial charge >= 0.3 is 0 Å².